The molecule has 1 fully saturated rings. The molecule has 7 heteroatoms. The van der Waals surface area contributed by atoms with Gasteiger partial charge in [0.05, 0.1) is 18.9 Å². The summed E-state index contributed by atoms with van der Waals surface area (Å²) in [5, 5.41) is 3.28. The molecule has 1 unspecified atom stereocenters. The molecule has 1 N–H and O–H groups in total. The quantitative estimate of drug-likeness (QED) is 0.818. The summed E-state index contributed by atoms with van der Waals surface area (Å²) >= 11 is 1.80. The van der Waals surface area contributed by atoms with Crippen LogP contribution in [0.1, 0.15) is 19.8 Å². The zero-order chi connectivity index (χ0) is 18.4. The number of nitrogens with one attached hydrogen (secondary N) is 1. The molecular formula is C19H27N3O3S. The van der Waals surface area contributed by atoms with Crippen molar-refractivity contribution in [3.63, 3.8) is 0 Å². The molecule has 1 aromatic rings. The van der Waals surface area contributed by atoms with Crippen LogP contribution in [-0.2, 0) is 14.3 Å². The minimum Gasteiger partial charge on any atom is -0.379 e. The van der Waals surface area contributed by atoms with Crippen molar-refractivity contribution in [3.8, 4) is 0 Å². The van der Waals surface area contributed by atoms with E-state index in [1.165, 1.54) is 0 Å². The van der Waals surface area contributed by atoms with Gasteiger partial charge in [0.15, 0.2) is 0 Å². The van der Waals surface area contributed by atoms with Gasteiger partial charge in [-0.3, -0.25) is 14.5 Å². The number of nitrogens with zero attached hydrogens (tertiary/aromatic N) is 2. The van der Waals surface area contributed by atoms with Gasteiger partial charge in [-0.15, -0.1) is 11.8 Å². The number of hydrogen-bond donors (Lipinski definition) is 1. The Morgan fingerprint density at radius 1 is 1.23 bits per heavy atom. The molecule has 2 aliphatic heterocycles. The van der Waals surface area contributed by atoms with Crippen molar-refractivity contribution in [2.24, 2.45) is 0 Å². The van der Waals surface area contributed by atoms with Crippen LogP contribution in [0.3, 0.4) is 0 Å². The molecule has 0 bridgehead atoms. The molecule has 2 aliphatic rings. The summed E-state index contributed by atoms with van der Waals surface area (Å²) in [4.78, 5) is 29.9. The molecule has 0 aromatic heterocycles. The lowest BCUT2D eigenvalue weighted by molar-refractivity contribution is -0.125. The lowest BCUT2D eigenvalue weighted by atomic mass is 10.2. The summed E-state index contributed by atoms with van der Waals surface area (Å²) in [7, 11) is 0. The molecule has 2 heterocycles. The van der Waals surface area contributed by atoms with Gasteiger partial charge in [-0.1, -0.05) is 19.1 Å². The van der Waals surface area contributed by atoms with Crippen LogP contribution < -0.4 is 10.2 Å². The third-order valence-corrected chi connectivity index (χ3v) is 5.80. The maximum absolute atomic E-state index is 12.6. The lowest BCUT2D eigenvalue weighted by Gasteiger charge is -2.32. The van der Waals surface area contributed by atoms with Crippen molar-refractivity contribution < 1.29 is 14.3 Å². The molecular weight excluding hydrogens is 350 g/mol. The first-order chi connectivity index (χ1) is 12.6. The Labute approximate surface area is 159 Å². The number of para-hydroxylation sites is 1. The van der Waals surface area contributed by atoms with Crippen molar-refractivity contribution in [1.82, 2.24) is 10.2 Å². The fraction of sp³-hybridized carbons (Fsp3) is 0.579. The van der Waals surface area contributed by atoms with E-state index in [2.05, 4.69) is 17.1 Å². The Hall–Kier alpha value is -1.57. The second kappa shape index (κ2) is 9.39. The largest absolute Gasteiger partial charge is 0.379 e. The summed E-state index contributed by atoms with van der Waals surface area (Å²) in [6, 6.07) is 7.98. The standard InChI is InChI=1S/C19H27N3O3S/c1-15-14-22(16-4-2-3-5-17(16)26-15)19(24)7-6-18(23)20-8-9-21-10-12-25-13-11-21/h2-5,15H,6-14H2,1H3,(H,20,23). The van der Waals surface area contributed by atoms with E-state index >= 15 is 0 Å². The third kappa shape index (κ3) is 5.22. The van der Waals surface area contributed by atoms with Crippen LogP contribution in [0.25, 0.3) is 0 Å². The minimum atomic E-state index is -0.0562. The molecule has 142 valence electrons. The van der Waals surface area contributed by atoms with Crippen LogP contribution in [0.2, 0.25) is 0 Å². The summed E-state index contributed by atoms with van der Waals surface area (Å²) in [6.45, 7) is 7.62. The average molecular weight is 378 g/mol. The summed E-state index contributed by atoms with van der Waals surface area (Å²) in [6.07, 6.45) is 0.483. The predicted molar refractivity (Wildman–Crippen MR) is 104 cm³/mol. The summed E-state index contributed by atoms with van der Waals surface area (Å²) in [5.74, 6) is -0.0349. The Bertz CT molecular complexity index is 634. The topological polar surface area (TPSA) is 61.9 Å². The third-order valence-electron chi connectivity index (χ3n) is 4.64. The summed E-state index contributed by atoms with van der Waals surface area (Å²) < 4.78 is 5.31. The number of benzene rings is 1. The molecule has 1 saturated heterocycles. The van der Waals surface area contributed by atoms with Crippen LogP contribution in [0.15, 0.2) is 29.2 Å². The molecule has 6 nitrogen and oxygen atoms in total. The Morgan fingerprint density at radius 2 is 2.00 bits per heavy atom. The maximum atomic E-state index is 12.6. The Balaban J connectivity index is 1.43. The molecule has 0 spiro atoms. The van der Waals surface area contributed by atoms with Gasteiger partial charge in [0.1, 0.15) is 0 Å². The van der Waals surface area contributed by atoms with Gasteiger partial charge < -0.3 is 15.0 Å². The van der Waals surface area contributed by atoms with Crippen LogP contribution in [-0.4, -0.2) is 67.9 Å². The van der Waals surface area contributed by atoms with Gasteiger partial charge in [0, 0.05) is 55.7 Å². The van der Waals surface area contributed by atoms with E-state index in [1.807, 2.05) is 29.2 Å². The highest BCUT2D eigenvalue weighted by atomic mass is 32.2. The van der Waals surface area contributed by atoms with Crippen molar-refractivity contribution in [2.75, 3.05) is 50.8 Å². The van der Waals surface area contributed by atoms with E-state index in [-0.39, 0.29) is 24.7 Å². The molecule has 26 heavy (non-hydrogen) atoms. The number of thioether (sulfide) groups is 1. The van der Waals surface area contributed by atoms with Gasteiger partial charge >= 0.3 is 0 Å². The van der Waals surface area contributed by atoms with Crippen molar-refractivity contribution in [3.05, 3.63) is 24.3 Å². The molecule has 2 amide bonds. The van der Waals surface area contributed by atoms with Gasteiger partial charge in [-0.2, -0.15) is 0 Å². The first-order valence-corrected chi connectivity index (χ1v) is 10.1. The number of fused-ring (bicyclic) bond motifs is 1. The normalized spacial score (nSPS) is 20.5. The zero-order valence-corrected chi connectivity index (χ0v) is 16.1. The smallest absolute Gasteiger partial charge is 0.227 e. The number of amides is 2. The SMILES string of the molecule is CC1CN(C(=O)CCC(=O)NCCN2CCOCC2)c2ccccc2S1. The predicted octanol–water partition coefficient (Wildman–Crippen LogP) is 1.74. The van der Waals surface area contributed by atoms with Gasteiger partial charge in [0.25, 0.3) is 0 Å². The monoisotopic (exact) mass is 377 g/mol. The fourth-order valence-corrected chi connectivity index (χ4v) is 4.36. The van der Waals surface area contributed by atoms with Crippen LogP contribution in [0.4, 0.5) is 5.69 Å². The van der Waals surface area contributed by atoms with E-state index in [9.17, 15) is 9.59 Å². The number of anilines is 1. The van der Waals surface area contributed by atoms with E-state index in [0.29, 0.717) is 18.3 Å². The highest BCUT2D eigenvalue weighted by Gasteiger charge is 2.26. The van der Waals surface area contributed by atoms with Gasteiger partial charge in [-0.25, -0.2) is 0 Å². The number of hydrogen-bond acceptors (Lipinski definition) is 5. The molecule has 3 rings (SSSR count). The molecule has 0 radical (unpaired) electrons. The van der Waals surface area contributed by atoms with Crippen molar-refractivity contribution >= 4 is 29.3 Å². The Morgan fingerprint density at radius 3 is 2.81 bits per heavy atom. The average Bonchev–Trinajstić information content (AvgIpc) is 2.66. The van der Waals surface area contributed by atoms with Crippen LogP contribution in [0, 0.1) is 0 Å². The number of ether oxygens (including phenoxy) is 1. The van der Waals surface area contributed by atoms with Crippen LogP contribution >= 0.6 is 11.8 Å². The van der Waals surface area contributed by atoms with E-state index < -0.39 is 0 Å². The van der Waals surface area contributed by atoms with E-state index in [4.69, 9.17) is 4.74 Å². The van der Waals surface area contributed by atoms with Crippen molar-refractivity contribution in [2.45, 2.75) is 29.9 Å². The maximum Gasteiger partial charge on any atom is 0.227 e. The minimum absolute atomic E-state index is 0.0212. The van der Waals surface area contributed by atoms with Crippen molar-refractivity contribution in [1.29, 1.82) is 0 Å². The lowest BCUT2D eigenvalue weighted by Crippen LogP contribution is -2.42. The number of morpholine rings is 1. The fourth-order valence-electron chi connectivity index (χ4n) is 3.25. The van der Waals surface area contributed by atoms with Crippen LogP contribution in [0.5, 0.6) is 0 Å². The highest BCUT2D eigenvalue weighted by molar-refractivity contribution is 8.00. The first kappa shape index (κ1) is 19.2. The van der Waals surface area contributed by atoms with E-state index in [1.54, 1.807) is 11.8 Å². The second-order valence-corrected chi connectivity index (χ2v) is 8.18. The van der Waals surface area contributed by atoms with E-state index in [0.717, 1.165) is 43.4 Å². The summed E-state index contributed by atoms with van der Waals surface area (Å²) in [5.41, 5.74) is 0.966. The zero-order valence-electron chi connectivity index (χ0n) is 15.3. The molecule has 1 atom stereocenters. The Kier molecular flexibility index (Phi) is 6.93. The number of carbonyl (C=O) groups excluding carboxylic acids is 2. The molecule has 1 aromatic carbocycles. The number of rotatable bonds is 6. The highest BCUT2D eigenvalue weighted by Crippen LogP contribution is 2.38. The van der Waals surface area contributed by atoms with Gasteiger partial charge in [-0.05, 0) is 12.1 Å². The number of carbonyl (C=O) groups is 2. The first-order valence-electron chi connectivity index (χ1n) is 9.26. The molecule has 0 saturated carbocycles. The second-order valence-electron chi connectivity index (χ2n) is 6.70. The molecule has 0 aliphatic carbocycles. The van der Waals surface area contributed by atoms with Gasteiger partial charge in [0.2, 0.25) is 11.8 Å².